The average Bonchev–Trinajstić information content (AvgIpc) is 3.21. The number of hydrogen-bond acceptors (Lipinski definition) is 7. The summed E-state index contributed by atoms with van der Waals surface area (Å²) in [6.07, 6.45) is 0. The van der Waals surface area contributed by atoms with E-state index in [2.05, 4.69) is 0 Å². The quantitative estimate of drug-likeness (QED) is 0.217. The van der Waals surface area contributed by atoms with Crippen LogP contribution >= 0.6 is 0 Å². The van der Waals surface area contributed by atoms with Gasteiger partial charge in [0.05, 0.1) is 38.6 Å². The molecule has 1 atom stereocenters. The molecule has 1 N–H and O–H groups in total. The molecule has 8 nitrogen and oxygen atoms in total. The monoisotopic (exact) mass is 544 g/mol. The minimum absolute atomic E-state index is 0.00682. The van der Waals surface area contributed by atoms with Crippen molar-refractivity contribution in [2.75, 3.05) is 45.2 Å². The van der Waals surface area contributed by atoms with Crippen LogP contribution in [0.2, 0.25) is 0 Å². The van der Waals surface area contributed by atoms with Gasteiger partial charge in [-0.1, -0.05) is 26.0 Å². The van der Waals surface area contributed by atoms with Gasteiger partial charge in [-0.15, -0.1) is 0 Å². The lowest BCUT2D eigenvalue weighted by Crippen LogP contribution is -2.29. The third-order valence-corrected chi connectivity index (χ3v) is 7.24. The second-order valence-electron chi connectivity index (χ2n) is 10.3. The van der Waals surface area contributed by atoms with Gasteiger partial charge in [0.25, 0.3) is 11.7 Å². The van der Waals surface area contributed by atoms with Crippen LogP contribution in [-0.2, 0) is 9.59 Å². The molecular formula is C32H36N2O6. The molecular weight excluding hydrogens is 508 g/mol. The van der Waals surface area contributed by atoms with Gasteiger partial charge in [0.1, 0.15) is 23.0 Å². The van der Waals surface area contributed by atoms with Crippen LogP contribution in [0.3, 0.4) is 0 Å². The molecule has 3 aromatic rings. The van der Waals surface area contributed by atoms with Gasteiger partial charge in [-0.2, -0.15) is 0 Å². The van der Waals surface area contributed by atoms with Crippen LogP contribution in [-0.4, -0.2) is 52.2 Å². The van der Waals surface area contributed by atoms with E-state index in [9.17, 15) is 14.7 Å². The minimum atomic E-state index is -0.892. The van der Waals surface area contributed by atoms with Crippen molar-refractivity contribution in [3.05, 3.63) is 82.4 Å². The van der Waals surface area contributed by atoms with E-state index in [1.54, 1.807) is 25.3 Å². The fourth-order valence-electron chi connectivity index (χ4n) is 5.03. The smallest absolute Gasteiger partial charge is 0.300 e. The highest BCUT2D eigenvalue weighted by Gasteiger charge is 2.47. The number of methoxy groups -OCH3 is 3. The van der Waals surface area contributed by atoms with E-state index in [0.717, 1.165) is 16.8 Å². The molecule has 1 saturated heterocycles. The molecule has 0 aliphatic carbocycles. The molecule has 8 heteroatoms. The van der Waals surface area contributed by atoms with Gasteiger partial charge in [0.15, 0.2) is 0 Å². The Morgan fingerprint density at radius 1 is 0.900 bits per heavy atom. The fraction of sp³-hybridized carbons (Fsp3) is 0.312. The van der Waals surface area contributed by atoms with Crippen LogP contribution in [0.25, 0.3) is 5.76 Å². The Bertz CT molecular complexity index is 1450. The van der Waals surface area contributed by atoms with E-state index >= 15 is 0 Å². The van der Waals surface area contributed by atoms with Gasteiger partial charge in [-0.25, -0.2) is 0 Å². The maximum atomic E-state index is 13.7. The van der Waals surface area contributed by atoms with E-state index in [1.165, 1.54) is 19.1 Å². The first-order chi connectivity index (χ1) is 19.0. The highest BCUT2D eigenvalue weighted by atomic mass is 16.5. The zero-order chi connectivity index (χ0) is 29.3. The number of Topliss-reactive ketones (excluding diaryl/α,β-unsaturated/α-hetero) is 1. The average molecular weight is 545 g/mol. The molecule has 1 aliphatic heterocycles. The first-order valence-corrected chi connectivity index (χ1v) is 13.0. The van der Waals surface area contributed by atoms with Gasteiger partial charge < -0.3 is 24.2 Å². The van der Waals surface area contributed by atoms with Crippen molar-refractivity contribution in [3.8, 4) is 17.2 Å². The molecule has 0 radical (unpaired) electrons. The topological polar surface area (TPSA) is 88.5 Å². The van der Waals surface area contributed by atoms with Crippen LogP contribution in [0, 0.1) is 6.92 Å². The van der Waals surface area contributed by atoms with Crippen molar-refractivity contribution in [3.63, 3.8) is 0 Å². The molecule has 1 unspecified atom stereocenters. The number of carbonyl (C=O) groups excluding carboxylic acids is 2. The number of anilines is 2. The normalized spacial score (nSPS) is 16.4. The zero-order valence-electron chi connectivity index (χ0n) is 24.2. The Labute approximate surface area is 235 Å². The SMILES string of the molecule is COc1cc(OC)cc(N2C(=O)C(=O)/C(=C(/O)c3cc(C(C)C)c(OC)cc3C)C2c2ccc(N(C)C)cc2)c1. The Balaban J connectivity index is 2.00. The van der Waals surface area contributed by atoms with Crippen LogP contribution < -0.4 is 24.0 Å². The molecule has 1 heterocycles. The summed E-state index contributed by atoms with van der Waals surface area (Å²) in [5.41, 5.74) is 4.11. The summed E-state index contributed by atoms with van der Waals surface area (Å²) in [6, 6.07) is 15.4. The minimum Gasteiger partial charge on any atom is -0.507 e. The number of aliphatic hydroxyl groups excluding tert-OH is 1. The Hall–Kier alpha value is -4.46. The number of nitrogens with zero attached hydrogens (tertiary/aromatic N) is 2. The third kappa shape index (κ3) is 5.09. The number of carbonyl (C=O) groups is 2. The summed E-state index contributed by atoms with van der Waals surface area (Å²) >= 11 is 0. The predicted octanol–water partition coefficient (Wildman–Crippen LogP) is 5.84. The highest BCUT2D eigenvalue weighted by molar-refractivity contribution is 6.51. The molecule has 0 aromatic heterocycles. The first kappa shape index (κ1) is 28.5. The van der Waals surface area contributed by atoms with Crippen LogP contribution in [0.4, 0.5) is 11.4 Å². The van der Waals surface area contributed by atoms with Gasteiger partial charge in [-0.05, 0) is 53.8 Å². The zero-order valence-corrected chi connectivity index (χ0v) is 24.2. The van der Waals surface area contributed by atoms with Gasteiger partial charge in [0.2, 0.25) is 0 Å². The standard InChI is InChI=1S/C32H36N2O6/c1-18(2)25-17-26(19(3)13-27(25)40-8)30(35)28-29(20-9-11-21(12-10-20)33(4)5)34(32(37)31(28)36)22-14-23(38-6)16-24(15-22)39-7/h9-18,29,35H,1-8H3/b30-28+. The number of ketones is 1. The van der Waals surface area contributed by atoms with Crippen LogP contribution in [0.15, 0.2) is 60.2 Å². The second kappa shape index (κ2) is 11.3. The fourth-order valence-corrected chi connectivity index (χ4v) is 5.03. The van der Waals surface area contributed by atoms with Crippen LogP contribution in [0.1, 0.15) is 48.1 Å². The number of rotatable bonds is 8. The number of benzene rings is 3. The van der Waals surface area contributed by atoms with Gasteiger partial charge in [0, 0.05) is 43.5 Å². The van der Waals surface area contributed by atoms with Crippen molar-refractivity contribution in [2.45, 2.75) is 32.7 Å². The number of aliphatic hydroxyl groups is 1. The lowest BCUT2D eigenvalue weighted by Gasteiger charge is -2.27. The summed E-state index contributed by atoms with van der Waals surface area (Å²) in [5.74, 6) is -0.0430. The molecule has 0 saturated carbocycles. The Kier molecular flexibility index (Phi) is 8.09. The summed E-state index contributed by atoms with van der Waals surface area (Å²) in [7, 11) is 8.50. The molecule has 0 spiro atoms. The van der Waals surface area contributed by atoms with E-state index in [-0.39, 0.29) is 17.3 Å². The summed E-state index contributed by atoms with van der Waals surface area (Å²) < 4.78 is 16.4. The first-order valence-electron chi connectivity index (χ1n) is 13.0. The highest BCUT2D eigenvalue weighted by Crippen LogP contribution is 2.45. The Morgan fingerprint density at radius 2 is 1.50 bits per heavy atom. The number of hydrogen-bond donors (Lipinski definition) is 1. The molecule has 4 rings (SSSR count). The van der Waals surface area contributed by atoms with Gasteiger partial charge >= 0.3 is 0 Å². The molecule has 40 heavy (non-hydrogen) atoms. The molecule has 1 amide bonds. The molecule has 0 bridgehead atoms. The van der Waals surface area contributed by atoms with Crippen molar-refractivity contribution >= 4 is 28.8 Å². The summed E-state index contributed by atoms with van der Waals surface area (Å²) in [6.45, 7) is 5.89. The molecule has 1 aliphatic rings. The lowest BCUT2D eigenvalue weighted by molar-refractivity contribution is -0.132. The maximum Gasteiger partial charge on any atom is 0.300 e. The molecule has 3 aromatic carbocycles. The third-order valence-electron chi connectivity index (χ3n) is 7.24. The van der Waals surface area contributed by atoms with Crippen molar-refractivity contribution in [2.24, 2.45) is 0 Å². The Morgan fingerprint density at radius 3 is 2.00 bits per heavy atom. The molecule has 210 valence electrons. The predicted molar refractivity (Wildman–Crippen MR) is 157 cm³/mol. The van der Waals surface area contributed by atoms with E-state index in [0.29, 0.717) is 34.1 Å². The summed E-state index contributed by atoms with van der Waals surface area (Å²) in [5, 5.41) is 11.8. The largest absolute Gasteiger partial charge is 0.507 e. The van der Waals surface area contributed by atoms with Gasteiger partial charge in [-0.3, -0.25) is 14.5 Å². The number of aryl methyl sites for hydroxylation is 1. The lowest BCUT2D eigenvalue weighted by atomic mass is 9.91. The second-order valence-corrected chi connectivity index (χ2v) is 10.3. The van der Waals surface area contributed by atoms with E-state index in [1.807, 2.05) is 76.2 Å². The maximum absolute atomic E-state index is 13.7. The summed E-state index contributed by atoms with van der Waals surface area (Å²) in [4.78, 5) is 30.8. The van der Waals surface area contributed by atoms with Crippen molar-refractivity contribution in [1.29, 1.82) is 0 Å². The number of amides is 1. The van der Waals surface area contributed by atoms with Crippen LogP contribution in [0.5, 0.6) is 17.2 Å². The number of ether oxygens (including phenoxy) is 3. The van der Waals surface area contributed by atoms with E-state index in [4.69, 9.17) is 14.2 Å². The van der Waals surface area contributed by atoms with Crippen molar-refractivity contribution < 1.29 is 28.9 Å². The van der Waals surface area contributed by atoms with E-state index < -0.39 is 17.7 Å². The van der Waals surface area contributed by atoms with Crippen molar-refractivity contribution in [1.82, 2.24) is 0 Å². The molecule has 1 fully saturated rings.